The Balaban J connectivity index is 1.75. The minimum absolute atomic E-state index is 0.0717. The summed E-state index contributed by atoms with van der Waals surface area (Å²) < 4.78 is 0. The van der Waals surface area contributed by atoms with Gasteiger partial charge in [-0.15, -0.1) is 0 Å². The second kappa shape index (κ2) is 6.11. The maximum atomic E-state index is 12.8. The summed E-state index contributed by atoms with van der Waals surface area (Å²) in [6, 6.07) is 16.1. The molecule has 4 rings (SSSR count). The molecule has 0 atom stereocenters. The largest absolute Gasteiger partial charge is 0.358 e. The lowest BCUT2D eigenvalue weighted by Crippen LogP contribution is -2.13. The first kappa shape index (κ1) is 16.0. The average molecular weight is 343 g/mol. The van der Waals surface area contributed by atoms with Gasteiger partial charge in [-0.25, -0.2) is 0 Å². The summed E-state index contributed by atoms with van der Waals surface area (Å²) in [5, 5.41) is 4.23. The van der Waals surface area contributed by atoms with Crippen LogP contribution in [0.4, 0.5) is 5.69 Å². The van der Waals surface area contributed by atoms with Crippen LogP contribution < -0.4 is 10.7 Å². The molecular formula is C21H17N3O2. The minimum atomic E-state index is -0.227. The summed E-state index contributed by atoms with van der Waals surface area (Å²) in [4.78, 5) is 32.6. The van der Waals surface area contributed by atoms with Crippen LogP contribution in [0.1, 0.15) is 21.7 Å². The van der Waals surface area contributed by atoms with Crippen molar-refractivity contribution >= 4 is 33.4 Å². The lowest BCUT2D eigenvalue weighted by Gasteiger charge is -2.10. The van der Waals surface area contributed by atoms with E-state index in [9.17, 15) is 9.59 Å². The number of anilines is 1. The quantitative estimate of drug-likeness (QED) is 0.579. The summed E-state index contributed by atoms with van der Waals surface area (Å²) in [7, 11) is 0. The number of hydrogen-bond donors (Lipinski definition) is 2. The van der Waals surface area contributed by atoms with Crippen molar-refractivity contribution in [2.75, 3.05) is 5.32 Å². The third-order valence-corrected chi connectivity index (χ3v) is 4.31. The Bertz CT molecular complexity index is 1230. The molecule has 26 heavy (non-hydrogen) atoms. The number of nitrogens with one attached hydrogen (secondary N) is 2. The molecule has 4 aromatic rings. The van der Waals surface area contributed by atoms with Gasteiger partial charge in [0, 0.05) is 39.4 Å². The van der Waals surface area contributed by atoms with Crippen molar-refractivity contribution in [3.05, 3.63) is 81.8 Å². The third-order valence-electron chi connectivity index (χ3n) is 4.31. The number of para-hydroxylation sites is 1. The Morgan fingerprint density at radius 1 is 1.00 bits per heavy atom. The van der Waals surface area contributed by atoms with E-state index in [0.717, 1.165) is 27.8 Å². The van der Waals surface area contributed by atoms with Gasteiger partial charge in [0.25, 0.3) is 5.91 Å². The van der Waals surface area contributed by atoms with Crippen molar-refractivity contribution in [2.24, 2.45) is 0 Å². The highest BCUT2D eigenvalue weighted by Crippen LogP contribution is 2.21. The number of H-pyrrole nitrogens is 1. The number of rotatable bonds is 2. The van der Waals surface area contributed by atoms with E-state index in [2.05, 4.69) is 15.3 Å². The molecule has 0 bridgehead atoms. The van der Waals surface area contributed by atoms with E-state index < -0.39 is 0 Å². The summed E-state index contributed by atoms with van der Waals surface area (Å²) in [5.74, 6) is -0.227. The summed E-state index contributed by atoms with van der Waals surface area (Å²) in [6.07, 6.45) is 0. The zero-order valence-corrected chi connectivity index (χ0v) is 14.5. The molecule has 2 N–H and O–H groups in total. The van der Waals surface area contributed by atoms with E-state index in [1.807, 2.05) is 38.1 Å². The molecule has 5 nitrogen and oxygen atoms in total. The van der Waals surface area contributed by atoms with Gasteiger partial charge < -0.3 is 10.3 Å². The van der Waals surface area contributed by atoms with Gasteiger partial charge in [-0.3, -0.25) is 14.6 Å². The first-order chi connectivity index (χ1) is 12.5. The number of fused-ring (bicyclic) bond motifs is 2. The molecule has 1 amide bonds. The Hall–Kier alpha value is -3.47. The molecule has 0 saturated carbocycles. The maximum absolute atomic E-state index is 12.8. The van der Waals surface area contributed by atoms with E-state index in [1.54, 1.807) is 30.3 Å². The maximum Gasteiger partial charge on any atom is 0.256 e. The van der Waals surface area contributed by atoms with Gasteiger partial charge in [0.05, 0.1) is 11.1 Å². The van der Waals surface area contributed by atoms with Gasteiger partial charge >= 0.3 is 0 Å². The first-order valence-electron chi connectivity index (χ1n) is 8.33. The molecule has 0 aliphatic carbocycles. The van der Waals surface area contributed by atoms with Crippen molar-refractivity contribution in [1.29, 1.82) is 0 Å². The van der Waals surface area contributed by atoms with E-state index in [-0.39, 0.29) is 11.3 Å². The number of pyridine rings is 2. The molecule has 0 fully saturated rings. The zero-order chi connectivity index (χ0) is 18.3. The predicted molar refractivity (Wildman–Crippen MR) is 104 cm³/mol. The van der Waals surface area contributed by atoms with Crippen LogP contribution in [0.3, 0.4) is 0 Å². The van der Waals surface area contributed by atoms with Crippen molar-refractivity contribution in [2.45, 2.75) is 13.8 Å². The van der Waals surface area contributed by atoms with Gasteiger partial charge in [-0.1, -0.05) is 18.2 Å². The highest BCUT2D eigenvalue weighted by Gasteiger charge is 2.13. The smallest absolute Gasteiger partial charge is 0.256 e. The van der Waals surface area contributed by atoms with Crippen LogP contribution in [0.2, 0.25) is 0 Å². The summed E-state index contributed by atoms with van der Waals surface area (Å²) in [6.45, 7) is 3.70. The molecule has 2 heterocycles. The number of benzene rings is 2. The lowest BCUT2D eigenvalue weighted by atomic mass is 10.1. The fourth-order valence-corrected chi connectivity index (χ4v) is 3.15. The van der Waals surface area contributed by atoms with Gasteiger partial charge in [0.1, 0.15) is 0 Å². The Morgan fingerprint density at radius 2 is 1.81 bits per heavy atom. The van der Waals surface area contributed by atoms with E-state index >= 15 is 0 Å². The Morgan fingerprint density at radius 3 is 2.65 bits per heavy atom. The highest BCUT2D eigenvalue weighted by molar-refractivity contribution is 6.12. The number of carbonyl (C=O) groups is 1. The topological polar surface area (TPSA) is 74.8 Å². The second-order valence-corrected chi connectivity index (χ2v) is 6.36. The first-order valence-corrected chi connectivity index (χ1v) is 8.33. The molecule has 0 radical (unpaired) electrons. The van der Waals surface area contributed by atoms with Crippen LogP contribution in [0, 0.1) is 13.8 Å². The molecule has 0 spiro atoms. The second-order valence-electron chi connectivity index (χ2n) is 6.36. The SMILES string of the molecule is Cc1cc(C(=O)Nc2ccc3[nH]c(C)cc(=O)c3c2)c2ccccc2n1. The molecule has 128 valence electrons. The number of nitrogens with zero attached hydrogens (tertiary/aromatic N) is 1. The van der Waals surface area contributed by atoms with Gasteiger partial charge in [-0.2, -0.15) is 0 Å². The molecule has 5 heteroatoms. The van der Waals surface area contributed by atoms with Crippen LogP contribution in [0.15, 0.2) is 59.4 Å². The van der Waals surface area contributed by atoms with Gasteiger partial charge in [0.15, 0.2) is 5.43 Å². The van der Waals surface area contributed by atoms with Gasteiger partial charge in [0.2, 0.25) is 0 Å². The summed E-state index contributed by atoms with van der Waals surface area (Å²) >= 11 is 0. The lowest BCUT2D eigenvalue weighted by molar-refractivity contribution is 0.102. The molecule has 2 aromatic carbocycles. The average Bonchev–Trinajstić information content (AvgIpc) is 2.61. The molecule has 0 saturated heterocycles. The Labute approximate surface area is 149 Å². The van der Waals surface area contributed by atoms with Crippen molar-refractivity contribution in [3.63, 3.8) is 0 Å². The third kappa shape index (κ3) is 2.84. The van der Waals surface area contributed by atoms with Crippen LogP contribution >= 0.6 is 0 Å². The van der Waals surface area contributed by atoms with E-state index in [4.69, 9.17) is 0 Å². The number of hydrogen-bond acceptors (Lipinski definition) is 3. The van der Waals surface area contributed by atoms with E-state index in [1.165, 1.54) is 0 Å². The minimum Gasteiger partial charge on any atom is -0.358 e. The summed E-state index contributed by atoms with van der Waals surface area (Å²) in [5.41, 5.74) is 4.18. The monoisotopic (exact) mass is 343 g/mol. The highest BCUT2D eigenvalue weighted by atomic mass is 16.1. The standard InChI is InChI=1S/C21H17N3O2/c1-12-9-16(15-5-3-4-6-18(15)22-12)21(26)24-14-7-8-19-17(11-14)20(25)10-13(2)23-19/h3-11H,1-2H3,(H,23,25)(H,24,26). The van der Waals surface area contributed by atoms with Gasteiger partial charge in [-0.05, 0) is 44.2 Å². The van der Waals surface area contributed by atoms with Crippen LogP contribution in [0.25, 0.3) is 21.8 Å². The molecule has 2 aromatic heterocycles. The van der Waals surface area contributed by atoms with Crippen molar-refractivity contribution in [3.8, 4) is 0 Å². The zero-order valence-electron chi connectivity index (χ0n) is 14.5. The van der Waals surface area contributed by atoms with Crippen molar-refractivity contribution in [1.82, 2.24) is 9.97 Å². The fourth-order valence-electron chi connectivity index (χ4n) is 3.15. The molecule has 0 unspecified atom stereocenters. The number of aromatic amines is 1. The molecular weight excluding hydrogens is 326 g/mol. The molecule has 0 aliphatic heterocycles. The number of carbonyl (C=O) groups excluding carboxylic acids is 1. The van der Waals surface area contributed by atoms with E-state index in [0.29, 0.717) is 16.6 Å². The number of aromatic nitrogens is 2. The normalized spacial score (nSPS) is 11.0. The van der Waals surface area contributed by atoms with Crippen molar-refractivity contribution < 1.29 is 4.79 Å². The van der Waals surface area contributed by atoms with Crippen LogP contribution in [-0.2, 0) is 0 Å². The van der Waals surface area contributed by atoms with Crippen LogP contribution in [0.5, 0.6) is 0 Å². The Kier molecular flexibility index (Phi) is 3.77. The van der Waals surface area contributed by atoms with Crippen LogP contribution in [-0.4, -0.2) is 15.9 Å². The fraction of sp³-hybridized carbons (Fsp3) is 0.0952. The number of amides is 1. The number of aryl methyl sites for hydroxylation is 2. The predicted octanol–water partition coefficient (Wildman–Crippen LogP) is 3.95. The molecule has 0 aliphatic rings.